The molecular formula is C21H25N2O5+. The van der Waals surface area contributed by atoms with Gasteiger partial charge in [0.1, 0.15) is 17.9 Å². The van der Waals surface area contributed by atoms with Crippen molar-refractivity contribution in [2.24, 2.45) is 0 Å². The molecule has 1 unspecified atom stereocenters. The number of likely N-dealkylation sites (N-methyl/N-ethyl adjacent to an activating group) is 1. The molecule has 0 bridgehead atoms. The predicted octanol–water partition coefficient (Wildman–Crippen LogP) is 1.01. The summed E-state index contributed by atoms with van der Waals surface area (Å²) in [5.74, 6) is 1.97. The number of rotatable bonds is 6. The molecule has 0 saturated carbocycles. The highest BCUT2D eigenvalue weighted by Gasteiger charge is 2.37. The van der Waals surface area contributed by atoms with Crippen molar-refractivity contribution in [3.05, 3.63) is 47.3 Å². The lowest BCUT2D eigenvalue weighted by Gasteiger charge is -2.32. The Kier molecular flexibility index (Phi) is 5.19. The molecule has 2 aliphatic rings. The number of hydrogen-bond donors (Lipinski definition) is 2. The van der Waals surface area contributed by atoms with Crippen LogP contribution in [0.4, 0.5) is 0 Å². The highest BCUT2D eigenvalue weighted by atomic mass is 16.7. The summed E-state index contributed by atoms with van der Waals surface area (Å²) >= 11 is 0. The van der Waals surface area contributed by atoms with E-state index in [4.69, 9.17) is 14.2 Å². The number of aliphatic hydroxyl groups is 1. The van der Waals surface area contributed by atoms with Crippen LogP contribution in [0.3, 0.4) is 0 Å². The topological polar surface area (TPSA) is 82.3 Å². The summed E-state index contributed by atoms with van der Waals surface area (Å²) in [5, 5.41) is 10.4. The Bertz CT molecular complexity index is 871. The van der Waals surface area contributed by atoms with E-state index >= 15 is 0 Å². The van der Waals surface area contributed by atoms with Gasteiger partial charge in [-0.05, 0) is 23.8 Å². The van der Waals surface area contributed by atoms with Crippen molar-refractivity contribution in [1.29, 1.82) is 0 Å². The number of carbonyl (C=O) groups excluding carboxylic acids is 1. The lowest BCUT2D eigenvalue weighted by Crippen LogP contribution is -3.10. The fourth-order valence-electron chi connectivity index (χ4n) is 4.10. The van der Waals surface area contributed by atoms with Crippen LogP contribution in [-0.2, 0) is 11.2 Å². The molecule has 28 heavy (non-hydrogen) atoms. The Morgan fingerprint density at radius 3 is 3.04 bits per heavy atom. The van der Waals surface area contributed by atoms with Crippen LogP contribution in [0.5, 0.6) is 17.2 Å². The Labute approximate surface area is 163 Å². The smallest absolute Gasteiger partial charge is 0.231 e. The van der Waals surface area contributed by atoms with Crippen molar-refractivity contribution in [2.45, 2.75) is 31.4 Å². The lowest BCUT2D eigenvalue weighted by molar-refractivity contribution is -0.914. The molecule has 0 spiro atoms. The van der Waals surface area contributed by atoms with Crippen molar-refractivity contribution in [3.8, 4) is 17.2 Å². The number of methoxy groups -OCH3 is 1. The maximum atomic E-state index is 12.8. The largest absolute Gasteiger partial charge is 0.492 e. The average Bonchev–Trinajstić information content (AvgIpc) is 3.17. The molecule has 3 heterocycles. The summed E-state index contributed by atoms with van der Waals surface area (Å²) in [4.78, 5) is 18.2. The minimum Gasteiger partial charge on any atom is -0.492 e. The van der Waals surface area contributed by atoms with Crippen LogP contribution in [0.25, 0.3) is 0 Å². The highest BCUT2D eigenvalue weighted by Crippen LogP contribution is 2.47. The van der Waals surface area contributed by atoms with E-state index in [2.05, 4.69) is 12.0 Å². The summed E-state index contributed by atoms with van der Waals surface area (Å²) in [6.45, 7) is 1.09. The van der Waals surface area contributed by atoms with E-state index in [1.54, 1.807) is 31.5 Å². The van der Waals surface area contributed by atoms with Crippen molar-refractivity contribution < 1.29 is 29.0 Å². The third-order valence-electron chi connectivity index (χ3n) is 5.56. The number of quaternary nitrogens is 1. The molecule has 2 aromatic rings. The minimum absolute atomic E-state index is 0.00456. The number of aromatic nitrogens is 1. The van der Waals surface area contributed by atoms with Crippen LogP contribution < -0.4 is 19.1 Å². The van der Waals surface area contributed by atoms with E-state index in [0.29, 0.717) is 29.4 Å². The van der Waals surface area contributed by atoms with Crippen molar-refractivity contribution >= 4 is 5.78 Å². The van der Waals surface area contributed by atoms with Crippen molar-refractivity contribution in [1.82, 2.24) is 4.98 Å². The first-order valence-corrected chi connectivity index (χ1v) is 9.50. The van der Waals surface area contributed by atoms with Crippen molar-refractivity contribution in [3.63, 3.8) is 0 Å². The zero-order valence-corrected chi connectivity index (χ0v) is 16.1. The van der Waals surface area contributed by atoms with Crippen LogP contribution in [-0.4, -0.2) is 43.4 Å². The van der Waals surface area contributed by atoms with Crippen LogP contribution >= 0.6 is 0 Å². The molecule has 3 atom stereocenters. The maximum absolute atomic E-state index is 12.8. The van der Waals surface area contributed by atoms with Crippen molar-refractivity contribution in [2.75, 3.05) is 27.5 Å². The SMILES string of the molecule is COc1c2c(cc3c1[C@@H](CC(=O)C[C@H](O)c1ccccn1)[NH+](C)CC3)OCO2. The predicted molar refractivity (Wildman–Crippen MR) is 101 cm³/mol. The molecule has 0 amide bonds. The fraction of sp³-hybridized carbons (Fsp3) is 0.429. The van der Waals surface area contributed by atoms with Crippen LogP contribution in [0.15, 0.2) is 30.5 Å². The van der Waals surface area contributed by atoms with E-state index in [1.807, 2.05) is 6.07 Å². The van der Waals surface area contributed by atoms with Gasteiger partial charge in [0.2, 0.25) is 12.5 Å². The quantitative estimate of drug-likeness (QED) is 0.773. The van der Waals surface area contributed by atoms with Gasteiger partial charge in [0, 0.05) is 19.0 Å². The Morgan fingerprint density at radius 2 is 2.29 bits per heavy atom. The summed E-state index contributed by atoms with van der Waals surface area (Å²) < 4.78 is 16.8. The van der Waals surface area contributed by atoms with Gasteiger partial charge in [-0.3, -0.25) is 9.78 Å². The van der Waals surface area contributed by atoms with Gasteiger partial charge in [0.15, 0.2) is 11.5 Å². The first kappa shape index (κ1) is 18.7. The summed E-state index contributed by atoms with van der Waals surface area (Å²) in [6, 6.07) is 7.27. The van der Waals surface area contributed by atoms with E-state index in [9.17, 15) is 9.90 Å². The molecule has 148 valence electrons. The first-order valence-electron chi connectivity index (χ1n) is 9.50. The van der Waals surface area contributed by atoms with E-state index in [-0.39, 0.29) is 25.0 Å². The monoisotopic (exact) mass is 385 g/mol. The number of pyridine rings is 1. The zero-order valence-electron chi connectivity index (χ0n) is 16.1. The maximum Gasteiger partial charge on any atom is 0.231 e. The molecule has 2 aliphatic heterocycles. The second-order valence-corrected chi connectivity index (χ2v) is 7.33. The Hall–Kier alpha value is -2.64. The zero-order chi connectivity index (χ0) is 19.7. The Morgan fingerprint density at radius 1 is 1.43 bits per heavy atom. The number of hydrogen-bond acceptors (Lipinski definition) is 6. The number of nitrogens with zero attached hydrogens (tertiary/aromatic N) is 1. The summed E-state index contributed by atoms with van der Waals surface area (Å²) in [6.07, 6.45) is 1.97. The number of carbonyl (C=O) groups is 1. The number of Topliss-reactive ketones (excluding diaryl/α,β-unsaturated/α-hetero) is 1. The van der Waals surface area contributed by atoms with Gasteiger partial charge in [-0.1, -0.05) is 6.07 Å². The molecule has 7 heteroatoms. The van der Waals surface area contributed by atoms with E-state index < -0.39 is 6.10 Å². The highest BCUT2D eigenvalue weighted by molar-refractivity contribution is 5.80. The summed E-state index contributed by atoms with van der Waals surface area (Å²) in [5.41, 5.74) is 2.66. The molecule has 2 N–H and O–H groups in total. The summed E-state index contributed by atoms with van der Waals surface area (Å²) in [7, 11) is 3.70. The van der Waals surface area contributed by atoms with Crippen LogP contribution in [0.1, 0.15) is 41.8 Å². The molecule has 1 aromatic heterocycles. The van der Waals surface area contributed by atoms with Gasteiger partial charge < -0.3 is 24.2 Å². The third-order valence-corrected chi connectivity index (χ3v) is 5.56. The minimum atomic E-state index is -0.893. The third kappa shape index (κ3) is 3.43. The van der Waals surface area contributed by atoms with Gasteiger partial charge in [-0.25, -0.2) is 0 Å². The molecule has 0 aliphatic carbocycles. The number of aliphatic hydroxyl groups excluding tert-OH is 1. The Balaban J connectivity index is 1.58. The average molecular weight is 385 g/mol. The molecule has 0 radical (unpaired) electrons. The standard InChI is InChI=1S/C21H24N2O5/c1-23-8-6-13-9-18-20(28-12-27-18)21(26-2)19(13)16(23)10-14(24)11-17(25)15-5-3-4-7-22-15/h3-5,7,9,16-17,25H,6,8,10-12H2,1-2H3/p+1/t16-,17+/m1/s1. The number of fused-ring (bicyclic) bond motifs is 2. The van der Waals surface area contributed by atoms with Gasteiger partial charge >= 0.3 is 0 Å². The molecular weight excluding hydrogens is 360 g/mol. The fourth-order valence-corrected chi connectivity index (χ4v) is 4.10. The molecule has 0 fully saturated rings. The number of ketones is 1. The molecule has 4 rings (SSSR count). The molecule has 0 saturated heterocycles. The molecule has 7 nitrogen and oxygen atoms in total. The number of benzene rings is 1. The molecule has 1 aromatic carbocycles. The lowest BCUT2D eigenvalue weighted by atomic mass is 9.87. The second kappa shape index (κ2) is 7.77. The first-order chi connectivity index (χ1) is 13.6. The van der Waals surface area contributed by atoms with E-state index in [1.165, 1.54) is 4.90 Å². The normalized spacial score (nSPS) is 21.1. The number of nitrogens with one attached hydrogen (secondary N) is 1. The van der Waals surface area contributed by atoms with Gasteiger partial charge in [0.05, 0.1) is 38.4 Å². The number of ether oxygens (including phenoxy) is 3. The van der Waals surface area contributed by atoms with Crippen LogP contribution in [0.2, 0.25) is 0 Å². The van der Waals surface area contributed by atoms with E-state index in [0.717, 1.165) is 24.1 Å². The van der Waals surface area contributed by atoms with Gasteiger partial charge in [-0.2, -0.15) is 0 Å². The van der Waals surface area contributed by atoms with Crippen LogP contribution in [0, 0.1) is 0 Å². The van der Waals surface area contributed by atoms with Gasteiger partial charge in [-0.15, -0.1) is 0 Å². The van der Waals surface area contributed by atoms with Gasteiger partial charge in [0.25, 0.3) is 0 Å². The second-order valence-electron chi connectivity index (χ2n) is 7.33.